The van der Waals surface area contributed by atoms with Crippen molar-refractivity contribution >= 4 is 0 Å². The Morgan fingerprint density at radius 3 is 2.27 bits per heavy atom. The van der Waals surface area contributed by atoms with Crippen molar-refractivity contribution in [1.29, 1.82) is 0 Å². The Labute approximate surface area is 90.9 Å². The number of benzene rings is 1. The number of aliphatic hydroxyl groups is 1. The van der Waals surface area contributed by atoms with Crippen LogP contribution in [0.3, 0.4) is 0 Å². The molecule has 1 aromatic rings. The molecule has 0 bridgehead atoms. The third-order valence-corrected chi connectivity index (χ3v) is 2.73. The first-order valence-corrected chi connectivity index (χ1v) is 5.36. The third-order valence-electron chi connectivity index (χ3n) is 2.73. The number of hydrogen-bond donors (Lipinski definition) is 1. The van der Waals surface area contributed by atoms with Gasteiger partial charge in [-0.3, -0.25) is 4.39 Å². The van der Waals surface area contributed by atoms with Crippen LogP contribution in [0.25, 0.3) is 0 Å². The first-order valence-electron chi connectivity index (χ1n) is 5.36. The summed E-state index contributed by atoms with van der Waals surface area (Å²) < 4.78 is 12.0. The van der Waals surface area contributed by atoms with Gasteiger partial charge in [-0.15, -0.1) is 0 Å². The van der Waals surface area contributed by atoms with Gasteiger partial charge in [-0.05, 0) is 24.0 Å². The van der Waals surface area contributed by atoms with Gasteiger partial charge in [0.2, 0.25) is 0 Å². The summed E-state index contributed by atoms with van der Waals surface area (Å²) in [5.74, 6) is 0. The Balaban J connectivity index is 2.72. The van der Waals surface area contributed by atoms with Gasteiger partial charge in [-0.1, -0.05) is 38.1 Å². The molecule has 15 heavy (non-hydrogen) atoms. The zero-order chi connectivity index (χ0) is 11.3. The maximum Gasteiger partial charge on any atom is 0.0897 e. The molecule has 0 unspecified atom stereocenters. The second-order valence-electron chi connectivity index (χ2n) is 4.53. The summed E-state index contributed by atoms with van der Waals surface area (Å²) in [7, 11) is 0. The van der Waals surface area contributed by atoms with E-state index in [9.17, 15) is 9.50 Å². The number of hydrogen-bond acceptors (Lipinski definition) is 1. The lowest BCUT2D eigenvalue weighted by molar-refractivity contribution is 0.218. The highest BCUT2D eigenvalue weighted by Crippen LogP contribution is 2.22. The van der Waals surface area contributed by atoms with Gasteiger partial charge < -0.3 is 5.11 Å². The zero-order valence-electron chi connectivity index (χ0n) is 9.46. The second kappa shape index (κ2) is 5.26. The van der Waals surface area contributed by atoms with Crippen LogP contribution < -0.4 is 0 Å². The van der Waals surface area contributed by atoms with Gasteiger partial charge in [0, 0.05) is 5.41 Å². The van der Waals surface area contributed by atoms with Crippen molar-refractivity contribution in [3.63, 3.8) is 0 Å². The van der Waals surface area contributed by atoms with Gasteiger partial charge in [-0.25, -0.2) is 0 Å². The van der Waals surface area contributed by atoms with E-state index >= 15 is 0 Å². The van der Waals surface area contributed by atoms with Crippen LogP contribution in [0.2, 0.25) is 0 Å². The van der Waals surface area contributed by atoms with Crippen LogP contribution in [-0.2, 0) is 11.8 Å². The first-order chi connectivity index (χ1) is 7.10. The van der Waals surface area contributed by atoms with E-state index in [-0.39, 0.29) is 18.7 Å². The lowest BCUT2D eigenvalue weighted by Crippen LogP contribution is -2.21. The van der Waals surface area contributed by atoms with E-state index in [1.54, 1.807) is 0 Å². The molecule has 0 spiro atoms. The molecule has 0 amide bonds. The van der Waals surface area contributed by atoms with E-state index in [4.69, 9.17) is 0 Å². The van der Waals surface area contributed by atoms with Crippen LogP contribution in [0.1, 0.15) is 31.4 Å². The lowest BCUT2D eigenvalue weighted by atomic mass is 9.85. The average Bonchev–Trinajstić information content (AvgIpc) is 2.27. The summed E-state index contributed by atoms with van der Waals surface area (Å²) in [4.78, 5) is 0. The fourth-order valence-electron chi connectivity index (χ4n) is 1.48. The second-order valence-corrected chi connectivity index (χ2v) is 4.53. The van der Waals surface area contributed by atoms with Crippen LogP contribution in [0.15, 0.2) is 24.3 Å². The largest absolute Gasteiger partial charge is 0.395 e. The van der Waals surface area contributed by atoms with E-state index in [0.717, 1.165) is 17.5 Å². The molecule has 2 heteroatoms. The minimum absolute atomic E-state index is 0.136. The topological polar surface area (TPSA) is 20.2 Å². The normalized spacial score (nSPS) is 11.7. The number of halogens is 1. The Hall–Kier alpha value is -0.890. The zero-order valence-corrected chi connectivity index (χ0v) is 9.46. The van der Waals surface area contributed by atoms with Gasteiger partial charge in [0.25, 0.3) is 0 Å². The molecule has 0 atom stereocenters. The smallest absolute Gasteiger partial charge is 0.0897 e. The summed E-state index contributed by atoms with van der Waals surface area (Å²) in [5.41, 5.74) is 2.08. The highest BCUT2D eigenvalue weighted by atomic mass is 19.1. The SMILES string of the molecule is CC(C)(CO)c1ccc(CCCF)cc1. The van der Waals surface area contributed by atoms with Crippen LogP contribution in [0, 0.1) is 0 Å². The molecule has 0 aliphatic heterocycles. The van der Waals surface area contributed by atoms with E-state index in [0.29, 0.717) is 6.42 Å². The predicted molar refractivity (Wildman–Crippen MR) is 60.8 cm³/mol. The fourth-order valence-corrected chi connectivity index (χ4v) is 1.48. The molecule has 1 aromatic carbocycles. The molecule has 0 saturated carbocycles. The summed E-state index contributed by atoms with van der Waals surface area (Å²) in [6.07, 6.45) is 1.37. The molecular formula is C13H19FO. The number of aliphatic hydroxyl groups excluding tert-OH is 1. The van der Waals surface area contributed by atoms with Crippen molar-refractivity contribution in [3.05, 3.63) is 35.4 Å². The Morgan fingerprint density at radius 1 is 1.20 bits per heavy atom. The van der Waals surface area contributed by atoms with Gasteiger partial charge in [0.1, 0.15) is 0 Å². The van der Waals surface area contributed by atoms with Crippen molar-refractivity contribution in [2.45, 2.75) is 32.1 Å². The predicted octanol–water partition coefficient (Wildman–Crippen LogP) is 2.86. The van der Waals surface area contributed by atoms with Crippen LogP contribution in [0.5, 0.6) is 0 Å². The van der Waals surface area contributed by atoms with Crippen LogP contribution >= 0.6 is 0 Å². The van der Waals surface area contributed by atoms with Crippen molar-refractivity contribution in [2.75, 3.05) is 13.3 Å². The number of aryl methyl sites for hydroxylation is 1. The number of alkyl halides is 1. The van der Waals surface area contributed by atoms with Gasteiger partial charge >= 0.3 is 0 Å². The summed E-state index contributed by atoms with van der Waals surface area (Å²) in [6, 6.07) is 8.07. The minimum Gasteiger partial charge on any atom is -0.395 e. The monoisotopic (exact) mass is 210 g/mol. The standard InChI is InChI=1S/C13H19FO/c1-13(2,10-15)12-7-5-11(6-8-12)4-3-9-14/h5-8,15H,3-4,9-10H2,1-2H3. The van der Waals surface area contributed by atoms with Crippen molar-refractivity contribution in [1.82, 2.24) is 0 Å². The molecule has 0 aliphatic carbocycles. The minimum atomic E-state index is -0.260. The van der Waals surface area contributed by atoms with Crippen molar-refractivity contribution < 1.29 is 9.50 Å². The average molecular weight is 210 g/mol. The lowest BCUT2D eigenvalue weighted by Gasteiger charge is -2.22. The van der Waals surface area contributed by atoms with E-state index in [1.807, 2.05) is 38.1 Å². The Morgan fingerprint density at radius 2 is 1.80 bits per heavy atom. The number of rotatable bonds is 5. The quantitative estimate of drug-likeness (QED) is 0.792. The summed E-state index contributed by atoms with van der Waals surface area (Å²) >= 11 is 0. The molecular weight excluding hydrogens is 191 g/mol. The van der Waals surface area contributed by atoms with Crippen molar-refractivity contribution in [2.24, 2.45) is 0 Å². The van der Waals surface area contributed by atoms with E-state index < -0.39 is 0 Å². The highest BCUT2D eigenvalue weighted by Gasteiger charge is 2.18. The Kier molecular flexibility index (Phi) is 4.28. The first kappa shape index (κ1) is 12.2. The van der Waals surface area contributed by atoms with E-state index in [1.165, 1.54) is 0 Å². The molecule has 0 saturated heterocycles. The third kappa shape index (κ3) is 3.31. The molecule has 0 aliphatic rings. The maximum absolute atomic E-state index is 12.0. The molecule has 0 aromatic heterocycles. The van der Waals surface area contributed by atoms with Crippen LogP contribution in [-0.4, -0.2) is 18.4 Å². The van der Waals surface area contributed by atoms with Crippen LogP contribution in [0.4, 0.5) is 4.39 Å². The maximum atomic E-state index is 12.0. The molecule has 1 nitrogen and oxygen atoms in total. The molecule has 1 rings (SSSR count). The summed E-state index contributed by atoms with van der Waals surface area (Å²) in [6.45, 7) is 3.88. The molecule has 1 N–H and O–H groups in total. The highest BCUT2D eigenvalue weighted by molar-refractivity contribution is 5.28. The van der Waals surface area contributed by atoms with Gasteiger partial charge in [0.15, 0.2) is 0 Å². The molecule has 84 valence electrons. The Bertz CT molecular complexity index is 290. The molecule has 0 fully saturated rings. The summed E-state index contributed by atoms with van der Waals surface area (Å²) in [5, 5.41) is 9.21. The molecule has 0 radical (unpaired) electrons. The van der Waals surface area contributed by atoms with Gasteiger partial charge in [0.05, 0.1) is 13.3 Å². The van der Waals surface area contributed by atoms with Crippen molar-refractivity contribution in [3.8, 4) is 0 Å². The fraction of sp³-hybridized carbons (Fsp3) is 0.538. The van der Waals surface area contributed by atoms with Gasteiger partial charge in [-0.2, -0.15) is 0 Å². The molecule has 0 heterocycles. The van der Waals surface area contributed by atoms with E-state index in [2.05, 4.69) is 0 Å².